The van der Waals surface area contributed by atoms with Gasteiger partial charge in [-0.1, -0.05) is 6.92 Å². The van der Waals surface area contributed by atoms with Crippen LogP contribution in [0.15, 0.2) is 12.4 Å². The minimum atomic E-state index is -5.58. The van der Waals surface area contributed by atoms with E-state index in [9.17, 15) is 26.3 Å². The highest BCUT2D eigenvalue weighted by Gasteiger charge is 2.59. The van der Waals surface area contributed by atoms with Crippen LogP contribution in [0.25, 0.3) is 0 Å². The predicted molar refractivity (Wildman–Crippen MR) is 57.3 cm³/mol. The summed E-state index contributed by atoms with van der Waals surface area (Å²) in [6.07, 6.45) is -13.6. The molecule has 0 radical (unpaired) electrons. The van der Waals surface area contributed by atoms with Gasteiger partial charge in [-0.3, -0.25) is 0 Å². The van der Waals surface area contributed by atoms with Crippen LogP contribution in [-0.2, 0) is 0 Å². The molecule has 0 aromatic carbocycles. The standard InChI is InChI=1S/C10H11F6N3O/c1-2-3-17-6-4-7(19-5-18-6)20-8(9(11,12)13)10(14,15)16/h4-5,8H,2-3H2,1H3,(H,17,18,19). The molecule has 0 aliphatic carbocycles. The molecule has 4 nitrogen and oxygen atoms in total. The zero-order valence-corrected chi connectivity index (χ0v) is 10.2. The number of rotatable bonds is 5. The summed E-state index contributed by atoms with van der Waals surface area (Å²) in [4.78, 5) is 6.88. The van der Waals surface area contributed by atoms with E-state index in [-0.39, 0.29) is 5.82 Å². The average molecular weight is 303 g/mol. The van der Waals surface area contributed by atoms with Crippen LogP contribution in [0.4, 0.5) is 32.2 Å². The second kappa shape index (κ2) is 6.14. The number of nitrogens with zero attached hydrogens (tertiary/aromatic N) is 2. The maximum absolute atomic E-state index is 12.3. The van der Waals surface area contributed by atoms with Gasteiger partial charge in [0, 0.05) is 12.6 Å². The normalized spacial score (nSPS) is 12.6. The fourth-order valence-electron chi connectivity index (χ4n) is 1.19. The molecular formula is C10H11F6N3O. The maximum Gasteiger partial charge on any atom is 0.434 e. The van der Waals surface area contributed by atoms with E-state index in [0.717, 1.165) is 12.4 Å². The second-order valence-corrected chi connectivity index (χ2v) is 3.75. The molecule has 0 fully saturated rings. The molecule has 1 aromatic rings. The highest BCUT2D eigenvalue weighted by atomic mass is 19.4. The summed E-state index contributed by atoms with van der Waals surface area (Å²) in [6.45, 7) is 2.29. The third-order valence-corrected chi connectivity index (χ3v) is 2.03. The van der Waals surface area contributed by atoms with Gasteiger partial charge in [0.15, 0.2) is 0 Å². The molecule has 0 bridgehead atoms. The molecule has 0 amide bonds. The summed E-state index contributed by atoms with van der Waals surface area (Å²) in [5.41, 5.74) is 0. The SMILES string of the molecule is CCCNc1cc(OC(C(F)(F)F)C(F)(F)F)ncn1. The van der Waals surface area contributed by atoms with E-state index in [1.807, 2.05) is 6.92 Å². The molecule has 1 aromatic heterocycles. The number of hydrogen-bond donors (Lipinski definition) is 1. The first-order valence-corrected chi connectivity index (χ1v) is 5.50. The molecule has 1 heterocycles. The van der Waals surface area contributed by atoms with Crippen molar-refractivity contribution >= 4 is 5.82 Å². The number of halogens is 6. The number of aromatic nitrogens is 2. The molecule has 1 N–H and O–H groups in total. The van der Waals surface area contributed by atoms with E-state index < -0.39 is 24.3 Å². The summed E-state index contributed by atoms with van der Waals surface area (Å²) < 4.78 is 77.7. The summed E-state index contributed by atoms with van der Waals surface area (Å²) in [7, 11) is 0. The van der Waals surface area contributed by atoms with E-state index >= 15 is 0 Å². The fraction of sp³-hybridized carbons (Fsp3) is 0.600. The fourth-order valence-corrected chi connectivity index (χ4v) is 1.19. The smallest absolute Gasteiger partial charge is 0.434 e. The highest BCUT2D eigenvalue weighted by Crippen LogP contribution is 2.36. The van der Waals surface area contributed by atoms with Crippen LogP contribution in [0.1, 0.15) is 13.3 Å². The Morgan fingerprint density at radius 3 is 2.25 bits per heavy atom. The zero-order chi connectivity index (χ0) is 15.4. The van der Waals surface area contributed by atoms with Crippen LogP contribution in [0.2, 0.25) is 0 Å². The van der Waals surface area contributed by atoms with E-state index in [4.69, 9.17) is 0 Å². The van der Waals surface area contributed by atoms with Crippen molar-refractivity contribution in [1.82, 2.24) is 9.97 Å². The third kappa shape index (κ3) is 4.74. The van der Waals surface area contributed by atoms with Crippen molar-refractivity contribution in [2.75, 3.05) is 11.9 Å². The van der Waals surface area contributed by atoms with Crippen LogP contribution in [0, 0.1) is 0 Å². The number of alkyl halides is 6. The quantitative estimate of drug-likeness (QED) is 0.849. The molecule has 0 atom stereocenters. The molecule has 0 unspecified atom stereocenters. The van der Waals surface area contributed by atoms with E-state index in [0.29, 0.717) is 13.0 Å². The number of anilines is 1. The van der Waals surface area contributed by atoms with Gasteiger partial charge in [-0.2, -0.15) is 26.3 Å². The Bertz CT molecular complexity index is 420. The van der Waals surface area contributed by atoms with Gasteiger partial charge >= 0.3 is 12.4 Å². The minimum Gasteiger partial charge on any atom is -0.455 e. The summed E-state index contributed by atoms with van der Waals surface area (Å²) in [6, 6.07) is 0.875. The van der Waals surface area contributed by atoms with E-state index in [1.165, 1.54) is 0 Å². The first kappa shape index (κ1) is 16.3. The van der Waals surface area contributed by atoms with Crippen LogP contribution < -0.4 is 10.1 Å². The number of ether oxygens (including phenoxy) is 1. The summed E-state index contributed by atoms with van der Waals surface area (Å²) >= 11 is 0. The second-order valence-electron chi connectivity index (χ2n) is 3.75. The Balaban J connectivity index is 2.89. The number of nitrogens with one attached hydrogen (secondary N) is 1. The highest BCUT2D eigenvalue weighted by molar-refractivity contribution is 5.36. The van der Waals surface area contributed by atoms with E-state index in [1.54, 1.807) is 0 Å². The van der Waals surface area contributed by atoms with Crippen LogP contribution >= 0.6 is 0 Å². The first-order chi connectivity index (χ1) is 9.14. The Morgan fingerprint density at radius 2 is 1.75 bits per heavy atom. The van der Waals surface area contributed by atoms with Gasteiger partial charge in [0.2, 0.25) is 5.88 Å². The molecule has 114 valence electrons. The van der Waals surface area contributed by atoms with Gasteiger partial charge in [0.25, 0.3) is 6.10 Å². The minimum absolute atomic E-state index is 0.0833. The van der Waals surface area contributed by atoms with Gasteiger partial charge in [0.1, 0.15) is 12.1 Å². The Labute approximate surface area is 110 Å². The third-order valence-electron chi connectivity index (χ3n) is 2.03. The van der Waals surface area contributed by atoms with E-state index in [2.05, 4.69) is 20.0 Å². The van der Waals surface area contributed by atoms with Gasteiger partial charge in [-0.05, 0) is 6.42 Å². The van der Waals surface area contributed by atoms with Crippen molar-refractivity contribution in [3.8, 4) is 5.88 Å². The lowest BCUT2D eigenvalue weighted by molar-refractivity contribution is -0.300. The molecule has 0 saturated carbocycles. The first-order valence-electron chi connectivity index (χ1n) is 5.50. The molecule has 0 saturated heterocycles. The molecule has 1 rings (SSSR count). The summed E-state index contributed by atoms with van der Waals surface area (Å²) in [5, 5.41) is 2.69. The molecule has 0 aliphatic rings. The largest absolute Gasteiger partial charge is 0.455 e. The zero-order valence-electron chi connectivity index (χ0n) is 10.2. The molecule has 0 spiro atoms. The Morgan fingerprint density at radius 1 is 1.15 bits per heavy atom. The van der Waals surface area contributed by atoms with Crippen LogP contribution in [0.3, 0.4) is 0 Å². The van der Waals surface area contributed by atoms with Crippen molar-refractivity contribution in [2.45, 2.75) is 31.8 Å². The van der Waals surface area contributed by atoms with Gasteiger partial charge in [-0.15, -0.1) is 0 Å². The topological polar surface area (TPSA) is 47.0 Å². The monoisotopic (exact) mass is 303 g/mol. The lowest BCUT2D eigenvalue weighted by Gasteiger charge is -2.23. The molecular weight excluding hydrogens is 292 g/mol. The van der Waals surface area contributed by atoms with Crippen molar-refractivity contribution < 1.29 is 31.1 Å². The van der Waals surface area contributed by atoms with Crippen molar-refractivity contribution in [2.24, 2.45) is 0 Å². The number of hydrogen-bond acceptors (Lipinski definition) is 4. The maximum atomic E-state index is 12.3. The average Bonchev–Trinajstić information content (AvgIpc) is 2.31. The molecule has 0 aliphatic heterocycles. The Kier molecular flexibility index (Phi) is 5.01. The predicted octanol–water partition coefficient (Wildman–Crippen LogP) is 3.17. The van der Waals surface area contributed by atoms with Crippen molar-refractivity contribution in [3.05, 3.63) is 12.4 Å². The van der Waals surface area contributed by atoms with Crippen LogP contribution in [0.5, 0.6) is 5.88 Å². The lowest BCUT2D eigenvalue weighted by atomic mass is 10.3. The molecule has 20 heavy (non-hydrogen) atoms. The van der Waals surface area contributed by atoms with Crippen molar-refractivity contribution in [3.63, 3.8) is 0 Å². The van der Waals surface area contributed by atoms with Gasteiger partial charge in [0.05, 0.1) is 0 Å². The van der Waals surface area contributed by atoms with Crippen molar-refractivity contribution in [1.29, 1.82) is 0 Å². The van der Waals surface area contributed by atoms with Gasteiger partial charge < -0.3 is 10.1 Å². The molecule has 10 heteroatoms. The van der Waals surface area contributed by atoms with Crippen LogP contribution in [-0.4, -0.2) is 35.0 Å². The Hall–Kier alpha value is -1.74. The summed E-state index contributed by atoms with van der Waals surface area (Å²) in [5.74, 6) is -0.724. The van der Waals surface area contributed by atoms with Gasteiger partial charge in [-0.25, -0.2) is 9.97 Å². The lowest BCUT2D eigenvalue weighted by Crippen LogP contribution is -2.46.